The van der Waals surface area contributed by atoms with Crippen molar-refractivity contribution in [3.8, 4) is 0 Å². The maximum atomic E-state index is 10.3. The number of piperidine rings is 1. The number of nitrogens with one attached hydrogen (secondary N) is 1. The van der Waals surface area contributed by atoms with E-state index in [9.17, 15) is 5.11 Å². The van der Waals surface area contributed by atoms with Crippen LogP contribution in [0.25, 0.3) is 0 Å². The predicted molar refractivity (Wildman–Crippen MR) is 85.0 cm³/mol. The van der Waals surface area contributed by atoms with Crippen molar-refractivity contribution < 1.29 is 5.11 Å². The lowest BCUT2D eigenvalue weighted by Crippen LogP contribution is -2.46. The molecule has 1 aliphatic heterocycles. The molecule has 2 N–H and O–H groups in total. The first kappa shape index (κ1) is 16.0. The fraction of sp³-hybridized carbons (Fsp3) is 1.00. The average Bonchev–Trinajstić information content (AvgIpc) is 2.48. The highest BCUT2D eigenvalue weighted by atomic mass is 35.5. The second-order valence-electron chi connectivity index (χ2n) is 6.78. The maximum Gasteiger partial charge on any atom is 0.137 e. The molecule has 120 valence electrons. The summed E-state index contributed by atoms with van der Waals surface area (Å²) in [5, 5.41) is 22.5. The third-order valence-corrected chi connectivity index (χ3v) is 6.08. The van der Waals surface area contributed by atoms with Gasteiger partial charge in [-0.1, -0.05) is 19.3 Å². The van der Waals surface area contributed by atoms with Crippen molar-refractivity contribution >= 4 is 23.2 Å². The zero-order valence-electron chi connectivity index (χ0n) is 12.3. The van der Waals surface area contributed by atoms with Gasteiger partial charge in [0.25, 0.3) is 0 Å². The van der Waals surface area contributed by atoms with Crippen LogP contribution in [0.1, 0.15) is 44.9 Å². The van der Waals surface area contributed by atoms with Gasteiger partial charge < -0.3 is 5.11 Å². The molecule has 4 nitrogen and oxygen atoms in total. The summed E-state index contributed by atoms with van der Waals surface area (Å²) < 4.78 is 0. The Bertz CT molecular complexity index is 382. The van der Waals surface area contributed by atoms with Crippen LogP contribution < -0.4 is 5.32 Å². The molecule has 3 rings (SSSR count). The van der Waals surface area contributed by atoms with Crippen molar-refractivity contribution in [2.45, 2.75) is 74.0 Å². The molecular formula is C15H25Cl2N3O. The molecule has 0 spiro atoms. The Labute approximate surface area is 136 Å². The minimum Gasteiger partial charge on any atom is -0.391 e. The second-order valence-corrected chi connectivity index (χ2v) is 7.95. The number of alkyl halides is 2. The fourth-order valence-corrected chi connectivity index (χ4v) is 4.87. The molecule has 0 aromatic rings. The molecule has 0 aromatic heterocycles. The minimum absolute atomic E-state index is 0.0385. The van der Waals surface area contributed by atoms with E-state index >= 15 is 0 Å². The van der Waals surface area contributed by atoms with E-state index in [4.69, 9.17) is 23.2 Å². The van der Waals surface area contributed by atoms with E-state index in [1.54, 1.807) is 0 Å². The highest BCUT2D eigenvalue weighted by Crippen LogP contribution is 2.42. The molecule has 7 atom stereocenters. The summed E-state index contributed by atoms with van der Waals surface area (Å²) in [5.41, 5.74) is 0. The van der Waals surface area contributed by atoms with Gasteiger partial charge in [0.15, 0.2) is 0 Å². The molecule has 0 amide bonds. The predicted octanol–water partition coefficient (Wildman–Crippen LogP) is 3.30. The second kappa shape index (κ2) is 7.12. The van der Waals surface area contributed by atoms with Crippen LogP contribution in [0.15, 0.2) is 10.2 Å². The molecule has 1 heterocycles. The summed E-state index contributed by atoms with van der Waals surface area (Å²) in [6.45, 7) is 0.716. The highest BCUT2D eigenvalue weighted by molar-refractivity contribution is 6.24. The summed E-state index contributed by atoms with van der Waals surface area (Å²) in [6.07, 6.45) is 7.29. The normalized spacial score (nSPS) is 48.2. The van der Waals surface area contributed by atoms with Crippen molar-refractivity contribution in [2.75, 3.05) is 6.54 Å². The number of aliphatic hydroxyl groups is 1. The number of aliphatic hydroxyl groups excluding tert-OH is 1. The van der Waals surface area contributed by atoms with Crippen molar-refractivity contribution in [1.82, 2.24) is 5.32 Å². The SMILES string of the molecule is OC1CCC2CCCCC2C1N=NC1NCC(Cl)CC1Cl. The fourth-order valence-electron chi connectivity index (χ4n) is 4.14. The van der Waals surface area contributed by atoms with Crippen LogP contribution >= 0.6 is 23.2 Å². The van der Waals surface area contributed by atoms with Crippen LogP contribution in [0, 0.1) is 11.8 Å². The standard InChI is InChI=1S/C15H25Cl2N3O/c16-10-7-12(17)15(18-8-10)20-19-14-11-4-2-1-3-9(11)5-6-13(14)21/h9-15,18,21H,1-8H2. The quantitative estimate of drug-likeness (QED) is 0.601. The van der Waals surface area contributed by atoms with Crippen molar-refractivity contribution in [3.05, 3.63) is 0 Å². The maximum absolute atomic E-state index is 10.3. The van der Waals surface area contributed by atoms with Gasteiger partial charge in [-0.05, 0) is 37.5 Å². The van der Waals surface area contributed by atoms with E-state index < -0.39 is 0 Å². The monoisotopic (exact) mass is 333 g/mol. The number of azo groups is 1. The van der Waals surface area contributed by atoms with E-state index in [-0.39, 0.29) is 29.1 Å². The van der Waals surface area contributed by atoms with E-state index in [2.05, 4.69) is 15.5 Å². The summed E-state index contributed by atoms with van der Waals surface area (Å²) >= 11 is 12.4. The molecule has 7 unspecified atom stereocenters. The lowest BCUT2D eigenvalue weighted by atomic mass is 9.67. The molecule has 0 aromatic carbocycles. The largest absolute Gasteiger partial charge is 0.391 e. The third-order valence-electron chi connectivity index (χ3n) is 5.33. The van der Waals surface area contributed by atoms with Gasteiger partial charge in [0.05, 0.1) is 17.5 Å². The van der Waals surface area contributed by atoms with Crippen molar-refractivity contribution in [1.29, 1.82) is 0 Å². The molecule has 1 saturated heterocycles. The topological polar surface area (TPSA) is 57.0 Å². The molecule has 2 aliphatic carbocycles. The van der Waals surface area contributed by atoms with Gasteiger partial charge in [0, 0.05) is 11.9 Å². The van der Waals surface area contributed by atoms with Crippen molar-refractivity contribution in [2.24, 2.45) is 22.1 Å². The van der Waals surface area contributed by atoms with Crippen LogP contribution in [0.5, 0.6) is 0 Å². The average molecular weight is 334 g/mol. The van der Waals surface area contributed by atoms with E-state index in [0.29, 0.717) is 12.5 Å². The summed E-state index contributed by atoms with van der Waals surface area (Å²) in [7, 11) is 0. The molecule has 3 fully saturated rings. The zero-order valence-corrected chi connectivity index (χ0v) is 13.8. The molecule has 6 heteroatoms. The van der Waals surface area contributed by atoms with Gasteiger partial charge in [-0.2, -0.15) is 10.2 Å². The first-order valence-electron chi connectivity index (χ1n) is 8.24. The molecule has 0 bridgehead atoms. The van der Waals surface area contributed by atoms with Crippen LogP contribution in [-0.4, -0.2) is 40.7 Å². The number of fused-ring (bicyclic) bond motifs is 1. The van der Waals surface area contributed by atoms with E-state index in [1.165, 1.54) is 25.7 Å². The Balaban J connectivity index is 1.65. The lowest BCUT2D eigenvalue weighted by Gasteiger charge is -2.41. The number of rotatable bonds is 2. The first-order chi connectivity index (χ1) is 10.1. The molecular weight excluding hydrogens is 309 g/mol. The van der Waals surface area contributed by atoms with E-state index in [1.807, 2.05) is 0 Å². The smallest absolute Gasteiger partial charge is 0.137 e. The Hall–Kier alpha value is 0.1000. The minimum atomic E-state index is -0.341. The lowest BCUT2D eigenvalue weighted by molar-refractivity contribution is 0.0235. The van der Waals surface area contributed by atoms with Gasteiger partial charge >= 0.3 is 0 Å². The van der Waals surface area contributed by atoms with Crippen molar-refractivity contribution in [3.63, 3.8) is 0 Å². The first-order valence-corrected chi connectivity index (χ1v) is 9.12. The van der Waals surface area contributed by atoms with Crippen LogP contribution in [0.3, 0.4) is 0 Å². The Kier molecular flexibility index (Phi) is 5.41. The zero-order chi connectivity index (χ0) is 14.8. The molecule has 21 heavy (non-hydrogen) atoms. The Morgan fingerprint density at radius 2 is 1.81 bits per heavy atom. The van der Waals surface area contributed by atoms with Crippen LogP contribution in [0.4, 0.5) is 0 Å². The summed E-state index contributed by atoms with van der Waals surface area (Å²) in [6, 6.07) is -0.0385. The molecule has 2 saturated carbocycles. The van der Waals surface area contributed by atoms with Crippen LogP contribution in [0.2, 0.25) is 0 Å². The number of hydrogen-bond acceptors (Lipinski definition) is 4. The molecule has 3 aliphatic rings. The van der Waals surface area contributed by atoms with Gasteiger partial charge in [0.1, 0.15) is 6.17 Å². The Morgan fingerprint density at radius 1 is 1.00 bits per heavy atom. The third kappa shape index (κ3) is 3.72. The summed E-state index contributed by atoms with van der Waals surface area (Å²) in [4.78, 5) is 0. The van der Waals surface area contributed by atoms with E-state index in [0.717, 1.165) is 25.2 Å². The van der Waals surface area contributed by atoms with Gasteiger partial charge in [-0.15, -0.1) is 23.2 Å². The van der Waals surface area contributed by atoms with Gasteiger partial charge in [-0.3, -0.25) is 5.32 Å². The van der Waals surface area contributed by atoms with Crippen LogP contribution in [-0.2, 0) is 0 Å². The van der Waals surface area contributed by atoms with Gasteiger partial charge in [0.2, 0.25) is 0 Å². The number of hydrogen-bond donors (Lipinski definition) is 2. The molecule has 0 radical (unpaired) electrons. The number of nitrogens with zero attached hydrogens (tertiary/aromatic N) is 2. The summed E-state index contributed by atoms with van der Waals surface area (Å²) in [5.74, 6) is 1.23. The highest BCUT2D eigenvalue weighted by Gasteiger charge is 2.40. The Morgan fingerprint density at radius 3 is 2.62 bits per heavy atom. The van der Waals surface area contributed by atoms with Gasteiger partial charge in [-0.25, -0.2) is 0 Å². The number of halogens is 2.